The fraction of sp³-hybridized carbons (Fsp3) is 0.316. The van der Waals surface area contributed by atoms with Gasteiger partial charge in [-0.3, -0.25) is 4.79 Å². The summed E-state index contributed by atoms with van der Waals surface area (Å²) in [5, 5.41) is 31.4. The van der Waals surface area contributed by atoms with Crippen LogP contribution in [0.3, 0.4) is 0 Å². The molecule has 2 aromatic rings. The predicted molar refractivity (Wildman–Crippen MR) is 101 cm³/mol. The van der Waals surface area contributed by atoms with Gasteiger partial charge in [0.1, 0.15) is 12.8 Å². The Labute approximate surface area is 162 Å². The summed E-state index contributed by atoms with van der Waals surface area (Å²) in [6.45, 7) is -1.01. The lowest BCUT2D eigenvalue weighted by Gasteiger charge is -2.22. The average Bonchev–Trinajstić information content (AvgIpc) is 2.66. The lowest BCUT2D eigenvalue weighted by molar-refractivity contribution is -0.122. The SMILES string of the molecule is CS(=O)(=O)c1ccc([C@@H](O)C(CF)NC(=O)CCc2ccc(O)c(O)c2)cc1. The summed E-state index contributed by atoms with van der Waals surface area (Å²) in [5.74, 6) is -1.06. The summed E-state index contributed by atoms with van der Waals surface area (Å²) < 4.78 is 36.3. The van der Waals surface area contributed by atoms with Gasteiger partial charge in [0.05, 0.1) is 10.9 Å². The second-order valence-electron chi connectivity index (χ2n) is 6.44. The molecule has 9 heteroatoms. The van der Waals surface area contributed by atoms with Crippen LogP contribution in [0, 0.1) is 0 Å². The standard InChI is InChI=1S/C19H22FNO6S/c1-28(26,27)14-6-4-13(5-7-14)19(25)15(11-20)21-18(24)9-3-12-2-8-16(22)17(23)10-12/h2,4-8,10,15,19,22-23,25H,3,9,11H2,1H3,(H,21,24)/t15?,19-/m1/s1. The minimum Gasteiger partial charge on any atom is -0.504 e. The number of aliphatic hydroxyl groups is 1. The third-order valence-corrected chi connectivity index (χ3v) is 5.35. The van der Waals surface area contributed by atoms with Crippen molar-refractivity contribution < 1.29 is 32.9 Å². The molecule has 0 saturated heterocycles. The fourth-order valence-electron chi connectivity index (χ4n) is 2.61. The Bertz CT molecular complexity index is 930. The number of phenols is 2. The smallest absolute Gasteiger partial charge is 0.220 e. The zero-order chi connectivity index (χ0) is 20.9. The minimum atomic E-state index is -3.39. The lowest BCUT2D eigenvalue weighted by atomic mass is 10.0. The van der Waals surface area contributed by atoms with Crippen molar-refractivity contribution in [3.63, 3.8) is 0 Å². The van der Waals surface area contributed by atoms with E-state index in [9.17, 15) is 32.9 Å². The monoisotopic (exact) mass is 411 g/mol. The fourth-order valence-corrected chi connectivity index (χ4v) is 3.24. The summed E-state index contributed by atoms with van der Waals surface area (Å²) in [6.07, 6.45) is -0.0601. The first-order valence-electron chi connectivity index (χ1n) is 8.46. The highest BCUT2D eigenvalue weighted by molar-refractivity contribution is 7.90. The van der Waals surface area contributed by atoms with E-state index in [1.54, 1.807) is 6.07 Å². The molecule has 1 amide bonds. The summed E-state index contributed by atoms with van der Waals surface area (Å²) >= 11 is 0. The molecule has 1 unspecified atom stereocenters. The van der Waals surface area contributed by atoms with Crippen LogP contribution >= 0.6 is 0 Å². The number of rotatable bonds is 8. The van der Waals surface area contributed by atoms with Crippen molar-refractivity contribution in [3.05, 3.63) is 53.6 Å². The number of amides is 1. The second kappa shape index (κ2) is 9.03. The van der Waals surface area contributed by atoms with E-state index in [0.29, 0.717) is 5.56 Å². The van der Waals surface area contributed by atoms with Crippen molar-refractivity contribution in [2.45, 2.75) is 29.9 Å². The van der Waals surface area contributed by atoms with Crippen molar-refractivity contribution in [2.75, 3.05) is 12.9 Å². The number of aliphatic hydroxyl groups excluding tert-OH is 1. The second-order valence-corrected chi connectivity index (χ2v) is 8.45. The summed E-state index contributed by atoms with van der Waals surface area (Å²) in [5.41, 5.74) is 0.887. The minimum absolute atomic E-state index is 0.0134. The number of benzene rings is 2. The van der Waals surface area contributed by atoms with Crippen LogP contribution < -0.4 is 5.32 Å². The molecule has 0 spiro atoms. The molecule has 0 aromatic heterocycles. The Kier molecular flexibility index (Phi) is 6.98. The van der Waals surface area contributed by atoms with Crippen LogP contribution in [-0.4, -0.2) is 48.6 Å². The number of sulfone groups is 1. The van der Waals surface area contributed by atoms with Crippen LogP contribution in [0.15, 0.2) is 47.4 Å². The molecule has 28 heavy (non-hydrogen) atoms. The first kappa shape index (κ1) is 21.6. The molecule has 0 aliphatic rings. The number of hydrogen-bond donors (Lipinski definition) is 4. The van der Waals surface area contributed by atoms with Crippen LogP contribution in [0.5, 0.6) is 11.5 Å². The Hall–Kier alpha value is -2.65. The van der Waals surface area contributed by atoms with Gasteiger partial charge in [0, 0.05) is 12.7 Å². The zero-order valence-corrected chi connectivity index (χ0v) is 16.0. The molecule has 7 nitrogen and oxygen atoms in total. The largest absolute Gasteiger partial charge is 0.504 e. The van der Waals surface area contributed by atoms with Crippen molar-refractivity contribution in [3.8, 4) is 11.5 Å². The van der Waals surface area contributed by atoms with Gasteiger partial charge in [0.15, 0.2) is 21.3 Å². The first-order valence-corrected chi connectivity index (χ1v) is 10.3. The van der Waals surface area contributed by atoms with E-state index in [1.807, 2.05) is 0 Å². The molecular weight excluding hydrogens is 389 g/mol. The molecule has 0 fully saturated rings. The Morgan fingerprint density at radius 1 is 1.11 bits per heavy atom. The van der Waals surface area contributed by atoms with Gasteiger partial charge in [-0.05, 0) is 41.8 Å². The zero-order valence-electron chi connectivity index (χ0n) is 15.2. The Balaban J connectivity index is 1.98. The maximum Gasteiger partial charge on any atom is 0.220 e. The number of aryl methyl sites for hydroxylation is 1. The predicted octanol–water partition coefficient (Wildman–Crippen LogP) is 1.62. The van der Waals surface area contributed by atoms with Crippen LogP contribution in [0.4, 0.5) is 4.39 Å². The number of nitrogens with one attached hydrogen (secondary N) is 1. The van der Waals surface area contributed by atoms with Crippen LogP contribution in [0.1, 0.15) is 23.7 Å². The molecule has 0 radical (unpaired) electrons. The van der Waals surface area contributed by atoms with Gasteiger partial charge in [-0.25, -0.2) is 12.8 Å². The molecule has 152 valence electrons. The molecule has 0 aliphatic carbocycles. The van der Waals surface area contributed by atoms with E-state index in [1.165, 1.54) is 36.4 Å². The topological polar surface area (TPSA) is 124 Å². The van der Waals surface area contributed by atoms with E-state index in [0.717, 1.165) is 6.26 Å². The van der Waals surface area contributed by atoms with E-state index in [2.05, 4.69) is 5.32 Å². The highest BCUT2D eigenvalue weighted by Crippen LogP contribution is 2.25. The van der Waals surface area contributed by atoms with E-state index in [4.69, 9.17) is 0 Å². The average molecular weight is 411 g/mol. The molecular formula is C19H22FNO6S. The van der Waals surface area contributed by atoms with Gasteiger partial charge < -0.3 is 20.6 Å². The highest BCUT2D eigenvalue weighted by atomic mass is 32.2. The van der Waals surface area contributed by atoms with Gasteiger partial charge in [-0.1, -0.05) is 18.2 Å². The molecule has 4 N–H and O–H groups in total. The Morgan fingerprint density at radius 2 is 1.75 bits per heavy atom. The van der Waals surface area contributed by atoms with E-state index in [-0.39, 0.29) is 34.8 Å². The van der Waals surface area contributed by atoms with Crippen molar-refractivity contribution in [1.82, 2.24) is 5.32 Å². The number of carbonyl (C=O) groups is 1. The number of phenolic OH excluding ortho intramolecular Hbond substituents is 2. The van der Waals surface area contributed by atoms with Gasteiger partial charge in [0.2, 0.25) is 5.91 Å². The first-order chi connectivity index (χ1) is 13.1. The third-order valence-electron chi connectivity index (χ3n) is 4.22. The number of carbonyl (C=O) groups excluding carboxylic acids is 1. The number of halogens is 1. The summed E-state index contributed by atoms with van der Waals surface area (Å²) in [6, 6.07) is 8.34. The number of hydrogen-bond acceptors (Lipinski definition) is 6. The van der Waals surface area contributed by atoms with Crippen molar-refractivity contribution >= 4 is 15.7 Å². The normalized spacial score (nSPS) is 13.7. The van der Waals surface area contributed by atoms with Crippen LogP contribution in [-0.2, 0) is 21.1 Å². The Morgan fingerprint density at radius 3 is 2.29 bits per heavy atom. The summed E-state index contributed by atoms with van der Waals surface area (Å²) in [7, 11) is -3.39. The van der Waals surface area contributed by atoms with Crippen LogP contribution in [0.25, 0.3) is 0 Å². The van der Waals surface area contributed by atoms with Gasteiger partial charge >= 0.3 is 0 Å². The van der Waals surface area contributed by atoms with Crippen LogP contribution in [0.2, 0.25) is 0 Å². The van der Waals surface area contributed by atoms with Gasteiger partial charge in [0.25, 0.3) is 0 Å². The molecule has 2 aromatic carbocycles. The van der Waals surface area contributed by atoms with E-state index >= 15 is 0 Å². The lowest BCUT2D eigenvalue weighted by Crippen LogP contribution is -2.41. The maximum absolute atomic E-state index is 13.4. The molecule has 0 saturated carbocycles. The van der Waals surface area contributed by atoms with Gasteiger partial charge in [-0.2, -0.15) is 0 Å². The number of alkyl halides is 1. The van der Waals surface area contributed by atoms with Gasteiger partial charge in [-0.15, -0.1) is 0 Å². The molecule has 2 atom stereocenters. The molecule has 0 bridgehead atoms. The van der Waals surface area contributed by atoms with Crippen molar-refractivity contribution in [2.24, 2.45) is 0 Å². The summed E-state index contributed by atoms with van der Waals surface area (Å²) in [4.78, 5) is 12.1. The maximum atomic E-state index is 13.4. The molecule has 0 heterocycles. The van der Waals surface area contributed by atoms with Crippen molar-refractivity contribution in [1.29, 1.82) is 0 Å². The van der Waals surface area contributed by atoms with E-state index < -0.39 is 34.6 Å². The third kappa shape index (κ3) is 5.67. The molecule has 0 aliphatic heterocycles. The number of aromatic hydroxyl groups is 2. The quantitative estimate of drug-likeness (QED) is 0.490. The molecule has 2 rings (SSSR count). The highest BCUT2D eigenvalue weighted by Gasteiger charge is 2.23.